The predicted octanol–water partition coefficient (Wildman–Crippen LogP) is 6.21. The molecule has 3 amide bonds. The zero-order valence-corrected chi connectivity index (χ0v) is 23.6. The van der Waals surface area contributed by atoms with Crippen LogP contribution in [0.3, 0.4) is 0 Å². The van der Waals surface area contributed by atoms with Crippen LogP contribution in [-0.2, 0) is 16.0 Å². The monoisotopic (exact) mass is 555 g/mol. The van der Waals surface area contributed by atoms with Crippen molar-refractivity contribution in [3.8, 4) is 5.75 Å². The molecular formula is C29H34ClN3O4S. The summed E-state index contributed by atoms with van der Waals surface area (Å²) in [4.78, 5) is 31.3. The van der Waals surface area contributed by atoms with E-state index in [-0.39, 0.29) is 31.1 Å². The largest absolute Gasteiger partial charge is 0.491 e. The molecule has 1 aliphatic heterocycles. The normalized spacial score (nSPS) is 14.8. The number of nitrogens with one attached hydrogen (secondary N) is 1. The molecule has 202 valence electrons. The van der Waals surface area contributed by atoms with Gasteiger partial charge in [0.25, 0.3) is 0 Å². The Bertz CT molecular complexity index is 1230. The van der Waals surface area contributed by atoms with Crippen molar-refractivity contribution in [1.82, 2.24) is 9.80 Å². The first kappa shape index (κ1) is 28.0. The first-order chi connectivity index (χ1) is 18.4. The fourth-order valence-corrected chi connectivity index (χ4v) is 5.59. The number of hydrogen-bond donors (Lipinski definition) is 1. The van der Waals surface area contributed by atoms with Gasteiger partial charge in [0, 0.05) is 35.8 Å². The summed E-state index contributed by atoms with van der Waals surface area (Å²) in [5.41, 5.74) is 2.92. The van der Waals surface area contributed by atoms with E-state index in [9.17, 15) is 9.59 Å². The Labute approximate surface area is 233 Å². The highest BCUT2D eigenvalue weighted by Gasteiger charge is 2.33. The number of anilines is 1. The molecule has 2 heterocycles. The van der Waals surface area contributed by atoms with Gasteiger partial charge < -0.3 is 24.6 Å². The minimum atomic E-state index is -0.385. The van der Waals surface area contributed by atoms with Crippen LogP contribution < -0.4 is 10.1 Å². The van der Waals surface area contributed by atoms with Crippen molar-refractivity contribution >= 4 is 40.6 Å². The number of halogens is 1. The second-order valence-electron chi connectivity index (χ2n) is 9.54. The lowest BCUT2D eigenvalue weighted by molar-refractivity contribution is -0.135. The molecular weight excluding hydrogens is 522 g/mol. The van der Waals surface area contributed by atoms with Crippen molar-refractivity contribution in [3.63, 3.8) is 0 Å². The summed E-state index contributed by atoms with van der Waals surface area (Å²) in [5, 5.41) is 5.41. The average Bonchev–Trinajstić information content (AvgIpc) is 3.39. The van der Waals surface area contributed by atoms with E-state index in [1.165, 1.54) is 15.3 Å². The summed E-state index contributed by atoms with van der Waals surface area (Å²) >= 11 is 7.77. The minimum Gasteiger partial charge on any atom is -0.491 e. The molecule has 0 spiro atoms. The molecule has 0 bridgehead atoms. The highest BCUT2D eigenvalue weighted by molar-refractivity contribution is 7.10. The standard InChI is InChI=1S/C29H34ClN3O4S/c1-20(2)21-7-9-24(10-8-21)37-19-26-25-12-16-38-27(25)11-13-33(26)28(34)18-32(14-15-36-3)29(35)31-23-6-4-5-22(30)17-23/h4-10,12,16-17,20,26H,11,13-15,18-19H2,1-3H3,(H,31,35)/t26-/m1/s1. The predicted molar refractivity (Wildman–Crippen MR) is 152 cm³/mol. The molecule has 1 aliphatic rings. The molecule has 9 heteroatoms. The number of ether oxygens (including phenoxy) is 2. The molecule has 38 heavy (non-hydrogen) atoms. The fraction of sp³-hybridized carbons (Fsp3) is 0.379. The van der Waals surface area contributed by atoms with E-state index in [1.54, 1.807) is 42.7 Å². The van der Waals surface area contributed by atoms with E-state index >= 15 is 0 Å². The zero-order chi connectivity index (χ0) is 27.1. The van der Waals surface area contributed by atoms with Crippen molar-refractivity contribution in [3.05, 3.63) is 81.0 Å². The van der Waals surface area contributed by atoms with Crippen LogP contribution in [0.25, 0.3) is 0 Å². The quantitative estimate of drug-likeness (QED) is 0.323. The molecule has 1 atom stereocenters. The molecule has 4 rings (SSSR count). The summed E-state index contributed by atoms with van der Waals surface area (Å²) in [7, 11) is 1.57. The highest BCUT2D eigenvalue weighted by atomic mass is 35.5. The molecule has 7 nitrogen and oxygen atoms in total. The molecule has 1 aromatic heterocycles. The first-order valence-electron chi connectivity index (χ1n) is 12.7. The number of carbonyl (C=O) groups is 2. The lowest BCUT2D eigenvalue weighted by Gasteiger charge is -2.37. The van der Waals surface area contributed by atoms with Crippen LogP contribution in [0.4, 0.5) is 10.5 Å². The lowest BCUT2D eigenvalue weighted by Crippen LogP contribution is -2.49. The SMILES string of the molecule is COCCN(CC(=O)N1CCc2sccc2[C@H]1COc1ccc(C(C)C)cc1)C(=O)Nc1cccc(Cl)c1. The van der Waals surface area contributed by atoms with Crippen molar-refractivity contribution in [1.29, 1.82) is 0 Å². The summed E-state index contributed by atoms with van der Waals surface area (Å²) in [6.07, 6.45) is 0.783. The number of amides is 3. The maximum absolute atomic E-state index is 13.6. The maximum atomic E-state index is 13.6. The van der Waals surface area contributed by atoms with Crippen molar-refractivity contribution in [2.45, 2.75) is 32.2 Å². The molecule has 0 unspecified atom stereocenters. The van der Waals surface area contributed by atoms with Crippen molar-refractivity contribution in [2.75, 3.05) is 45.3 Å². The summed E-state index contributed by atoms with van der Waals surface area (Å²) < 4.78 is 11.4. The molecule has 0 fully saturated rings. The van der Waals surface area contributed by atoms with E-state index in [0.29, 0.717) is 36.4 Å². The van der Waals surface area contributed by atoms with Crippen LogP contribution in [0.5, 0.6) is 5.75 Å². The van der Waals surface area contributed by atoms with Gasteiger partial charge in [-0.1, -0.05) is 43.6 Å². The molecule has 0 radical (unpaired) electrons. The number of benzene rings is 2. The number of thiophene rings is 1. The second kappa shape index (κ2) is 13.1. The molecule has 0 saturated carbocycles. The first-order valence-corrected chi connectivity index (χ1v) is 14.0. The van der Waals surface area contributed by atoms with Crippen LogP contribution in [0.2, 0.25) is 5.02 Å². The van der Waals surface area contributed by atoms with Gasteiger partial charge in [-0.3, -0.25) is 4.79 Å². The fourth-order valence-electron chi connectivity index (χ4n) is 4.48. The van der Waals surface area contributed by atoms with Gasteiger partial charge in [0.05, 0.1) is 12.6 Å². The van der Waals surface area contributed by atoms with E-state index in [4.69, 9.17) is 21.1 Å². The third-order valence-corrected chi connectivity index (χ3v) is 7.86. The number of hydrogen-bond acceptors (Lipinski definition) is 5. The Kier molecular flexibility index (Phi) is 9.66. The Hall–Kier alpha value is -3.07. The lowest BCUT2D eigenvalue weighted by atomic mass is 10.00. The van der Waals surface area contributed by atoms with E-state index in [2.05, 4.69) is 42.7 Å². The van der Waals surface area contributed by atoms with Crippen LogP contribution in [0.1, 0.15) is 41.8 Å². The summed E-state index contributed by atoms with van der Waals surface area (Å²) in [5.74, 6) is 1.08. The minimum absolute atomic E-state index is 0.0746. The number of nitrogens with zero attached hydrogens (tertiary/aromatic N) is 2. The van der Waals surface area contributed by atoms with Gasteiger partial charge in [-0.05, 0) is 65.2 Å². The van der Waals surface area contributed by atoms with Crippen molar-refractivity contribution in [2.24, 2.45) is 0 Å². The molecule has 2 aromatic carbocycles. The molecule has 3 aromatic rings. The molecule has 0 aliphatic carbocycles. The molecule has 1 N–H and O–H groups in total. The molecule has 0 saturated heterocycles. The van der Waals surface area contributed by atoms with Crippen molar-refractivity contribution < 1.29 is 19.1 Å². The number of methoxy groups -OCH3 is 1. The van der Waals surface area contributed by atoms with Gasteiger partial charge in [-0.15, -0.1) is 11.3 Å². The van der Waals surface area contributed by atoms with Crippen LogP contribution in [-0.4, -0.2) is 61.7 Å². The van der Waals surface area contributed by atoms with Gasteiger partial charge in [-0.2, -0.15) is 0 Å². The van der Waals surface area contributed by atoms with E-state index < -0.39 is 0 Å². The van der Waals surface area contributed by atoms with Gasteiger partial charge in [-0.25, -0.2) is 4.79 Å². The Balaban J connectivity index is 1.47. The number of fused-ring (bicyclic) bond motifs is 1. The van der Waals surface area contributed by atoms with Gasteiger partial charge in [0.2, 0.25) is 5.91 Å². The Morgan fingerprint density at radius 1 is 1.18 bits per heavy atom. The van der Waals surface area contributed by atoms with Crippen LogP contribution >= 0.6 is 22.9 Å². The van der Waals surface area contributed by atoms with Gasteiger partial charge >= 0.3 is 6.03 Å². The number of rotatable bonds is 10. The second-order valence-corrected chi connectivity index (χ2v) is 11.0. The summed E-state index contributed by atoms with van der Waals surface area (Å²) in [6, 6.07) is 16.5. The third kappa shape index (κ3) is 7.07. The topological polar surface area (TPSA) is 71.1 Å². The number of carbonyl (C=O) groups excluding carboxylic acids is 2. The Morgan fingerprint density at radius 2 is 1.97 bits per heavy atom. The zero-order valence-electron chi connectivity index (χ0n) is 22.0. The van der Waals surface area contributed by atoms with Gasteiger partial charge in [0.15, 0.2) is 0 Å². The average molecular weight is 556 g/mol. The summed E-state index contributed by atoms with van der Waals surface area (Å²) in [6.45, 7) is 5.73. The Morgan fingerprint density at radius 3 is 2.68 bits per heavy atom. The van der Waals surface area contributed by atoms with Gasteiger partial charge in [0.1, 0.15) is 18.9 Å². The van der Waals surface area contributed by atoms with Crippen LogP contribution in [0, 0.1) is 0 Å². The maximum Gasteiger partial charge on any atom is 0.322 e. The smallest absolute Gasteiger partial charge is 0.322 e. The van der Waals surface area contributed by atoms with E-state index in [1.807, 2.05) is 17.0 Å². The number of urea groups is 1. The van der Waals surface area contributed by atoms with E-state index in [0.717, 1.165) is 17.7 Å². The highest BCUT2D eigenvalue weighted by Crippen LogP contribution is 2.34. The third-order valence-electron chi connectivity index (χ3n) is 6.62. The van der Waals surface area contributed by atoms with Crippen LogP contribution in [0.15, 0.2) is 60.0 Å².